The SMILES string of the molecule is CC(C)C1CC=C2C[C@]34C[C@]35O[C@@H]5CC(O4)[C@](C)(O)C(=O)C[C@]21C. The van der Waals surface area contributed by atoms with E-state index in [4.69, 9.17) is 9.47 Å². The van der Waals surface area contributed by atoms with Crippen LogP contribution in [0.3, 0.4) is 0 Å². The number of epoxide rings is 1. The molecule has 5 aliphatic rings. The third kappa shape index (κ3) is 1.63. The molecule has 2 unspecified atom stereocenters. The number of hydrogen-bond acceptors (Lipinski definition) is 4. The Hall–Kier alpha value is -0.710. The van der Waals surface area contributed by atoms with E-state index in [-0.39, 0.29) is 28.5 Å². The largest absolute Gasteiger partial charge is 0.380 e. The molecule has 3 heterocycles. The molecule has 2 aliphatic carbocycles. The highest BCUT2D eigenvalue weighted by molar-refractivity contribution is 5.88. The highest BCUT2D eigenvalue weighted by atomic mass is 16.7. The first-order chi connectivity index (χ1) is 11.1. The van der Waals surface area contributed by atoms with Crippen molar-refractivity contribution in [2.45, 2.75) is 88.8 Å². The summed E-state index contributed by atoms with van der Waals surface area (Å²) in [6.07, 6.45) is 5.96. The Bertz CT molecular complexity index is 665. The number of ether oxygens (including phenoxy) is 2. The third-order valence-corrected chi connectivity index (χ3v) is 7.98. The molecule has 24 heavy (non-hydrogen) atoms. The molecule has 2 spiro atoms. The zero-order valence-electron chi connectivity index (χ0n) is 15.1. The number of aliphatic hydroxyl groups is 1. The van der Waals surface area contributed by atoms with E-state index in [1.807, 2.05) is 0 Å². The topological polar surface area (TPSA) is 59.1 Å². The number of ketones is 1. The molecule has 0 aromatic heterocycles. The van der Waals surface area contributed by atoms with Gasteiger partial charge >= 0.3 is 0 Å². The zero-order chi connectivity index (χ0) is 17.1. The van der Waals surface area contributed by atoms with Crippen LogP contribution in [0.15, 0.2) is 11.6 Å². The van der Waals surface area contributed by atoms with Crippen molar-refractivity contribution in [3.63, 3.8) is 0 Å². The monoisotopic (exact) mass is 332 g/mol. The van der Waals surface area contributed by atoms with E-state index in [9.17, 15) is 9.90 Å². The summed E-state index contributed by atoms with van der Waals surface area (Å²) in [6, 6.07) is 0. The van der Waals surface area contributed by atoms with Crippen molar-refractivity contribution < 1.29 is 19.4 Å². The van der Waals surface area contributed by atoms with Gasteiger partial charge in [0.1, 0.15) is 16.8 Å². The lowest BCUT2D eigenvalue weighted by atomic mass is 9.65. The minimum Gasteiger partial charge on any atom is -0.380 e. The van der Waals surface area contributed by atoms with Crippen LogP contribution in [0.5, 0.6) is 0 Å². The van der Waals surface area contributed by atoms with Gasteiger partial charge < -0.3 is 14.6 Å². The number of rotatable bonds is 1. The molecule has 2 bridgehead atoms. The fourth-order valence-corrected chi connectivity index (χ4v) is 6.18. The van der Waals surface area contributed by atoms with E-state index in [1.54, 1.807) is 6.92 Å². The van der Waals surface area contributed by atoms with Crippen LogP contribution in [0.4, 0.5) is 0 Å². The Balaban J connectivity index is 1.60. The second-order valence-electron chi connectivity index (χ2n) is 9.67. The van der Waals surface area contributed by atoms with Crippen LogP contribution >= 0.6 is 0 Å². The van der Waals surface area contributed by atoms with Gasteiger partial charge in [0.15, 0.2) is 5.78 Å². The molecule has 0 amide bonds. The van der Waals surface area contributed by atoms with Gasteiger partial charge in [-0.2, -0.15) is 0 Å². The lowest BCUT2D eigenvalue weighted by Crippen LogP contribution is -2.53. The van der Waals surface area contributed by atoms with Crippen LogP contribution < -0.4 is 0 Å². The molecule has 4 fully saturated rings. The van der Waals surface area contributed by atoms with E-state index in [0.717, 1.165) is 19.3 Å². The molecule has 3 aliphatic heterocycles. The molecule has 7 atom stereocenters. The van der Waals surface area contributed by atoms with E-state index in [2.05, 4.69) is 26.8 Å². The maximum atomic E-state index is 13.1. The van der Waals surface area contributed by atoms with Gasteiger partial charge in [0.2, 0.25) is 0 Å². The summed E-state index contributed by atoms with van der Waals surface area (Å²) in [6.45, 7) is 8.38. The predicted octanol–water partition coefficient (Wildman–Crippen LogP) is 2.78. The normalized spacial score (nSPS) is 58.0. The number of fused-ring (bicyclic) bond motifs is 2. The fourth-order valence-electron chi connectivity index (χ4n) is 6.18. The van der Waals surface area contributed by atoms with Crippen LogP contribution in [-0.4, -0.2) is 39.9 Å². The van der Waals surface area contributed by atoms with Crippen molar-refractivity contribution in [2.24, 2.45) is 17.3 Å². The van der Waals surface area contributed by atoms with E-state index in [0.29, 0.717) is 24.7 Å². The first kappa shape index (κ1) is 15.5. The number of hydrogen-bond donors (Lipinski definition) is 1. The number of allylic oxidation sites excluding steroid dienone is 1. The molecule has 5 rings (SSSR count). The van der Waals surface area contributed by atoms with Gasteiger partial charge in [0, 0.05) is 25.7 Å². The van der Waals surface area contributed by atoms with Crippen molar-refractivity contribution in [1.82, 2.24) is 0 Å². The first-order valence-corrected chi connectivity index (χ1v) is 9.45. The van der Waals surface area contributed by atoms with Crippen molar-refractivity contribution >= 4 is 5.78 Å². The van der Waals surface area contributed by atoms with Gasteiger partial charge in [-0.05, 0) is 30.6 Å². The minimum atomic E-state index is -1.42. The molecule has 0 aromatic carbocycles. The standard InChI is InChI=1S/C20H28O4/c1-11(2)13-6-5-12-8-19-10-20(19)16(24-20)7-15(23-19)18(4,22)14(21)9-17(12,13)3/h5,11,13,15-16,22H,6-10H2,1-4H3/t13?,15?,16-,17-,18-,19+,20-/m1/s1. The Morgan fingerprint density at radius 3 is 2.67 bits per heavy atom. The molecule has 3 saturated heterocycles. The molecule has 1 N–H and O–H groups in total. The second kappa shape index (κ2) is 4.16. The number of Topliss-reactive ketones (excluding diaryl/α,β-unsaturated/α-hetero) is 1. The van der Waals surface area contributed by atoms with Crippen LogP contribution in [0.2, 0.25) is 0 Å². The van der Waals surface area contributed by atoms with Crippen molar-refractivity contribution in [3.05, 3.63) is 11.6 Å². The van der Waals surface area contributed by atoms with Gasteiger partial charge in [-0.15, -0.1) is 0 Å². The van der Waals surface area contributed by atoms with Crippen LogP contribution in [0.25, 0.3) is 0 Å². The molecule has 4 nitrogen and oxygen atoms in total. The molecule has 0 aromatic rings. The second-order valence-corrected chi connectivity index (χ2v) is 9.67. The summed E-state index contributed by atoms with van der Waals surface area (Å²) in [4.78, 5) is 13.1. The summed E-state index contributed by atoms with van der Waals surface area (Å²) in [7, 11) is 0. The molecule has 132 valence electrons. The molecule has 1 saturated carbocycles. The van der Waals surface area contributed by atoms with Gasteiger partial charge in [-0.25, -0.2) is 0 Å². The molecular formula is C20H28O4. The van der Waals surface area contributed by atoms with Gasteiger partial charge in [0.05, 0.1) is 12.2 Å². The van der Waals surface area contributed by atoms with E-state index in [1.165, 1.54) is 5.57 Å². The Morgan fingerprint density at radius 2 is 1.96 bits per heavy atom. The van der Waals surface area contributed by atoms with Crippen molar-refractivity contribution in [1.29, 1.82) is 0 Å². The van der Waals surface area contributed by atoms with Gasteiger partial charge in [0.25, 0.3) is 0 Å². The van der Waals surface area contributed by atoms with Gasteiger partial charge in [-0.1, -0.05) is 32.4 Å². The maximum Gasteiger partial charge on any atom is 0.167 e. The maximum absolute atomic E-state index is 13.1. The summed E-state index contributed by atoms with van der Waals surface area (Å²) in [5.74, 6) is 0.893. The molecular weight excluding hydrogens is 304 g/mol. The number of carbonyl (C=O) groups excluding carboxylic acids is 1. The summed E-state index contributed by atoms with van der Waals surface area (Å²) < 4.78 is 12.4. The minimum absolute atomic E-state index is 0.0701. The highest BCUT2D eigenvalue weighted by Gasteiger charge is 2.87. The molecule has 0 radical (unpaired) electrons. The first-order valence-electron chi connectivity index (χ1n) is 9.45. The fraction of sp³-hybridized carbons (Fsp3) is 0.850. The van der Waals surface area contributed by atoms with Crippen LogP contribution in [0.1, 0.15) is 59.8 Å². The Morgan fingerprint density at radius 1 is 1.21 bits per heavy atom. The van der Waals surface area contributed by atoms with Crippen molar-refractivity contribution in [2.75, 3.05) is 0 Å². The number of carbonyl (C=O) groups is 1. The average molecular weight is 332 g/mol. The zero-order valence-corrected chi connectivity index (χ0v) is 15.1. The lowest BCUT2D eigenvalue weighted by Gasteiger charge is -2.38. The molecule has 4 heteroatoms. The average Bonchev–Trinajstić information content (AvgIpc) is 3.29. The third-order valence-electron chi connectivity index (χ3n) is 7.98. The Kier molecular flexibility index (Phi) is 2.69. The quantitative estimate of drug-likeness (QED) is 0.592. The van der Waals surface area contributed by atoms with Crippen molar-refractivity contribution in [3.8, 4) is 0 Å². The van der Waals surface area contributed by atoms with E-state index >= 15 is 0 Å². The Labute approximate surface area is 143 Å². The lowest BCUT2D eigenvalue weighted by molar-refractivity contribution is -0.169. The van der Waals surface area contributed by atoms with Gasteiger partial charge in [-0.3, -0.25) is 4.79 Å². The smallest absolute Gasteiger partial charge is 0.167 e. The van der Waals surface area contributed by atoms with Crippen LogP contribution in [0, 0.1) is 17.3 Å². The van der Waals surface area contributed by atoms with E-state index < -0.39 is 11.7 Å². The summed E-state index contributed by atoms with van der Waals surface area (Å²) in [5, 5.41) is 11.1. The predicted molar refractivity (Wildman–Crippen MR) is 88.4 cm³/mol. The summed E-state index contributed by atoms with van der Waals surface area (Å²) >= 11 is 0. The summed E-state index contributed by atoms with van der Waals surface area (Å²) in [5.41, 5.74) is -0.632. The highest BCUT2D eigenvalue weighted by Crippen LogP contribution is 2.74. The van der Waals surface area contributed by atoms with Crippen LogP contribution in [-0.2, 0) is 14.3 Å².